The molecule has 3 N–H and O–H groups in total. The van der Waals surface area contributed by atoms with Gasteiger partial charge >= 0.3 is 0 Å². The van der Waals surface area contributed by atoms with Gasteiger partial charge in [0.2, 0.25) is 0 Å². The number of hydrogen-bond donors (Lipinski definition) is 3. The van der Waals surface area contributed by atoms with Gasteiger partial charge in [-0.2, -0.15) is 5.10 Å². The van der Waals surface area contributed by atoms with Gasteiger partial charge in [-0.3, -0.25) is 9.89 Å². The predicted octanol–water partition coefficient (Wildman–Crippen LogP) is 2.07. The number of halogens is 2. The maximum Gasteiger partial charge on any atom is 0.272 e. The monoisotopic (exact) mass is 356 g/mol. The Balaban J connectivity index is 0.00000192. The van der Waals surface area contributed by atoms with E-state index >= 15 is 0 Å². The van der Waals surface area contributed by atoms with Crippen molar-refractivity contribution in [2.24, 2.45) is 0 Å². The van der Waals surface area contributed by atoms with Gasteiger partial charge in [0, 0.05) is 47.9 Å². The van der Waals surface area contributed by atoms with E-state index in [0.29, 0.717) is 29.6 Å². The Bertz CT molecular complexity index is 703. The van der Waals surface area contributed by atoms with Crippen molar-refractivity contribution in [1.29, 1.82) is 0 Å². The second-order valence-corrected chi connectivity index (χ2v) is 5.53. The lowest BCUT2D eigenvalue weighted by Gasteiger charge is -2.13. The number of fused-ring (bicyclic) bond motifs is 1. The molecule has 0 saturated heterocycles. The number of hydrogen-bond acceptors (Lipinski definition) is 4. The highest BCUT2D eigenvalue weighted by molar-refractivity contribution is 6.30. The highest BCUT2D eigenvalue weighted by Gasteiger charge is 2.21. The van der Waals surface area contributed by atoms with Crippen molar-refractivity contribution >= 4 is 29.9 Å². The van der Waals surface area contributed by atoms with Gasteiger partial charge in [0.1, 0.15) is 5.75 Å². The van der Waals surface area contributed by atoms with Crippen molar-refractivity contribution in [3.05, 3.63) is 45.7 Å². The number of H-pyrrole nitrogens is 1. The van der Waals surface area contributed by atoms with Crippen LogP contribution < -0.4 is 15.4 Å². The summed E-state index contributed by atoms with van der Waals surface area (Å²) in [6, 6.07) is 5.31. The number of amides is 1. The van der Waals surface area contributed by atoms with Crippen LogP contribution in [0.15, 0.2) is 18.2 Å². The summed E-state index contributed by atoms with van der Waals surface area (Å²) in [6.45, 7) is 1.89. The maximum absolute atomic E-state index is 12.3. The first-order valence-corrected chi connectivity index (χ1v) is 7.44. The number of benzene rings is 1. The standard InChI is InChI=1S/C15H17ClN4O2.ClH/c1-22-13-3-2-10(16)6-9(13)7-18-15(21)14-11-8-17-5-4-12(11)19-20-14;/h2-3,6,17H,4-5,7-8H2,1H3,(H,18,21)(H,19,20);1H. The minimum absolute atomic E-state index is 0. The van der Waals surface area contributed by atoms with Crippen molar-refractivity contribution in [3.8, 4) is 5.75 Å². The van der Waals surface area contributed by atoms with Crippen LogP contribution in [-0.4, -0.2) is 29.8 Å². The lowest BCUT2D eigenvalue weighted by atomic mass is 10.1. The first-order chi connectivity index (χ1) is 10.7. The van der Waals surface area contributed by atoms with Crippen LogP contribution in [0.1, 0.15) is 27.3 Å². The fourth-order valence-electron chi connectivity index (χ4n) is 2.56. The SMILES string of the molecule is COc1ccc(Cl)cc1CNC(=O)c1n[nH]c2c1CNCC2.Cl. The summed E-state index contributed by atoms with van der Waals surface area (Å²) in [5.41, 5.74) is 3.25. The molecule has 0 fully saturated rings. The van der Waals surface area contributed by atoms with Crippen LogP contribution >= 0.6 is 24.0 Å². The quantitative estimate of drug-likeness (QED) is 0.783. The molecule has 0 spiro atoms. The van der Waals surface area contributed by atoms with Gasteiger partial charge in [-0.05, 0) is 18.2 Å². The number of nitrogens with zero attached hydrogens (tertiary/aromatic N) is 1. The molecule has 6 nitrogen and oxygen atoms in total. The van der Waals surface area contributed by atoms with E-state index < -0.39 is 0 Å². The molecule has 0 radical (unpaired) electrons. The zero-order chi connectivity index (χ0) is 15.5. The summed E-state index contributed by atoms with van der Waals surface area (Å²) >= 11 is 5.99. The van der Waals surface area contributed by atoms with E-state index in [0.717, 1.165) is 29.8 Å². The lowest BCUT2D eigenvalue weighted by molar-refractivity contribution is 0.0944. The third-order valence-corrected chi connectivity index (χ3v) is 3.94. The number of ether oxygens (including phenoxy) is 1. The highest BCUT2D eigenvalue weighted by Crippen LogP contribution is 2.22. The van der Waals surface area contributed by atoms with Crippen LogP contribution in [0, 0.1) is 0 Å². The van der Waals surface area contributed by atoms with Crippen molar-refractivity contribution in [3.63, 3.8) is 0 Å². The number of methoxy groups -OCH3 is 1. The van der Waals surface area contributed by atoms with Crippen LogP contribution in [-0.2, 0) is 19.5 Å². The molecule has 1 aromatic heterocycles. The molecule has 0 saturated carbocycles. The zero-order valence-electron chi connectivity index (χ0n) is 12.6. The van der Waals surface area contributed by atoms with Crippen LogP contribution in [0.2, 0.25) is 5.02 Å². The van der Waals surface area contributed by atoms with Crippen molar-refractivity contribution in [2.45, 2.75) is 19.5 Å². The van der Waals surface area contributed by atoms with Crippen molar-refractivity contribution in [2.75, 3.05) is 13.7 Å². The minimum Gasteiger partial charge on any atom is -0.496 e. The highest BCUT2D eigenvalue weighted by atomic mass is 35.5. The molecule has 1 aliphatic rings. The molecule has 0 atom stereocenters. The second kappa shape index (κ2) is 7.68. The Morgan fingerprint density at radius 2 is 2.30 bits per heavy atom. The van der Waals surface area contributed by atoms with Crippen LogP contribution in [0.3, 0.4) is 0 Å². The first-order valence-electron chi connectivity index (χ1n) is 7.06. The number of aromatic amines is 1. The Kier molecular flexibility index (Phi) is 5.87. The number of rotatable bonds is 4. The Labute approximate surface area is 145 Å². The van der Waals surface area contributed by atoms with Crippen LogP contribution in [0.5, 0.6) is 5.75 Å². The molecule has 1 amide bonds. The topological polar surface area (TPSA) is 79.0 Å². The van der Waals surface area contributed by atoms with E-state index in [1.54, 1.807) is 25.3 Å². The van der Waals surface area contributed by atoms with Gasteiger partial charge in [0.25, 0.3) is 5.91 Å². The summed E-state index contributed by atoms with van der Waals surface area (Å²) in [4.78, 5) is 12.3. The molecule has 0 unspecified atom stereocenters. The molecule has 2 heterocycles. The molecule has 8 heteroatoms. The van der Waals surface area contributed by atoms with E-state index in [1.807, 2.05) is 0 Å². The summed E-state index contributed by atoms with van der Waals surface area (Å²) in [6.07, 6.45) is 0.859. The smallest absolute Gasteiger partial charge is 0.272 e. The minimum atomic E-state index is -0.205. The van der Waals surface area contributed by atoms with Gasteiger partial charge in [-0.15, -0.1) is 12.4 Å². The van der Waals surface area contributed by atoms with Gasteiger partial charge in [0.05, 0.1) is 7.11 Å². The third kappa shape index (κ3) is 3.77. The number of carbonyl (C=O) groups is 1. The van der Waals surface area contributed by atoms with E-state index in [1.165, 1.54) is 0 Å². The van der Waals surface area contributed by atoms with Crippen LogP contribution in [0.25, 0.3) is 0 Å². The van der Waals surface area contributed by atoms with E-state index in [9.17, 15) is 4.79 Å². The number of nitrogens with one attached hydrogen (secondary N) is 3. The largest absolute Gasteiger partial charge is 0.496 e. The Morgan fingerprint density at radius 3 is 3.09 bits per heavy atom. The normalized spacial score (nSPS) is 13.0. The average Bonchev–Trinajstić information content (AvgIpc) is 2.97. The second-order valence-electron chi connectivity index (χ2n) is 5.09. The van der Waals surface area contributed by atoms with Gasteiger partial charge < -0.3 is 15.4 Å². The molecule has 23 heavy (non-hydrogen) atoms. The maximum atomic E-state index is 12.3. The van der Waals surface area contributed by atoms with Gasteiger partial charge in [-0.1, -0.05) is 11.6 Å². The molecule has 1 aliphatic heterocycles. The fraction of sp³-hybridized carbons (Fsp3) is 0.333. The molecule has 124 valence electrons. The summed E-state index contributed by atoms with van der Waals surface area (Å²) in [5, 5.41) is 13.8. The molecular formula is C15H18Cl2N4O2. The van der Waals surface area contributed by atoms with Crippen molar-refractivity contribution < 1.29 is 9.53 Å². The predicted molar refractivity (Wildman–Crippen MR) is 90.4 cm³/mol. The first kappa shape index (κ1) is 17.6. The Morgan fingerprint density at radius 1 is 1.48 bits per heavy atom. The van der Waals surface area contributed by atoms with E-state index in [2.05, 4.69) is 20.8 Å². The number of aromatic nitrogens is 2. The molecular weight excluding hydrogens is 339 g/mol. The lowest BCUT2D eigenvalue weighted by Crippen LogP contribution is -2.28. The van der Waals surface area contributed by atoms with E-state index in [-0.39, 0.29) is 18.3 Å². The molecule has 0 bridgehead atoms. The van der Waals surface area contributed by atoms with Crippen molar-refractivity contribution in [1.82, 2.24) is 20.8 Å². The van der Waals surface area contributed by atoms with Gasteiger partial charge in [-0.25, -0.2) is 0 Å². The summed E-state index contributed by atoms with van der Waals surface area (Å²) < 4.78 is 5.27. The third-order valence-electron chi connectivity index (χ3n) is 3.70. The molecule has 2 aromatic rings. The van der Waals surface area contributed by atoms with E-state index in [4.69, 9.17) is 16.3 Å². The Hall–Kier alpha value is -1.76. The molecule has 0 aliphatic carbocycles. The average molecular weight is 357 g/mol. The molecule has 3 rings (SSSR count). The van der Waals surface area contributed by atoms with Gasteiger partial charge in [0.15, 0.2) is 5.69 Å². The zero-order valence-corrected chi connectivity index (χ0v) is 14.2. The molecule has 1 aromatic carbocycles. The summed E-state index contributed by atoms with van der Waals surface area (Å²) in [5.74, 6) is 0.485. The fourth-order valence-corrected chi connectivity index (χ4v) is 2.75. The summed E-state index contributed by atoms with van der Waals surface area (Å²) in [7, 11) is 1.59. The van der Waals surface area contributed by atoms with Crippen LogP contribution in [0.4, 0.5) is 0 Å². The number of carbonyl (C=O) groups excluding carboxylic acids is 1.